The molecule has 0 amide bonds. The van der Waals surface area contributed by atoms with E-state index in [0.717, 1.165) is 17.0 Å². The normalized spacial score (nSPS) is 17.5. The molecule has 14 heteroatoms. The zero-order valence-corrected chi connectivity index (χ0v) is 14.9. The Morgan fingerprint density at radius 1 is 1.23 bits per heavy atom. The van der Waals surface area contributed by atoms with E-state index in [2.05, 4.69) is 14.2 Å². The van der Waals surface area contributed by atoms with Gasteiger partial charge in [0.25, 0.3) is 0 Å². The van der Waals surface area contributed by atoms with Crippen molar-refractivity contribution in [2.75, 3.05) is 10.6 Å². The summed E-state index contributed by atoms with van der Waals surface area (Å²) in [6.07, 6.45) is 0. The summed E-state index contributed by atoms with van der Waals surface area (Å²) in [4.78, 5) is 8.84. The Kier molecular flexibility index (Phi) is 4.66. The molecule has 0 unspecified atom stereocenters. The summed E-state index contributed by atoms with van der Waals surface area (Å²) in [5.41, 5.74) is 9.80. The molecule has 0 atom stereocenters. The molecule has 144 valence electrons. The molecule has 1 aliphatic heterocycles. The van der Waals surface area contributed by atoms with E-state index in [-0.39, 0.29) is 28.3 Å². The van der Waals surface area contributed by atoms with Crippen LogP contribution in [-0.2, 0) is 10.1 Å². The molecular weight excluding hydrogens is 401 g/mol. The number of nitrogens with zero attached hydrogens (tertiary/aromatic N) is 3. The Bertz CT molecular complexity index is 914. The van der Waals surface area contributed by atoms with Gasteiger partial charge < -0.3 is 21.4 Å². The number of nitrogen functional groups attached to an aromatic ring is 1. The second kappa shape index (κ2) is 6.09. The van der Waals surface area contributed by atoms with Crippen molar-refractivity contribution in [3.63, 3.8) is 0 Å². The lowest BCUT2D eigenvalue weighted by Crippen LogP contribution is -2.54. The summed E-state index contributed by atoms with van der Waals surface area (Å²) in [6.45, 7) is 3.02. The van der Waals surface area contributed by atoms with E-state index >= 15 is 0 Å². The molecule has 6 N–H and O–H groups in total. The van der Waals surface area contributed by atoms with Crippen molar-refractivity contribution < 1.29 is 25.8 Å². The number of alkyl halides is 3. The van der Waals surface area contributed by atoms with Crippen molar-refractivity contribution in [2.24, 2.45) is 21.5 Å². The first-order valence-electron chi connectivity index (χ1n) is 6.75. The minimum atomic E-state index is -5.97. The summed E-state index contributed by atoms with van der Waals surface area (Å²) in [5, 5.41) is -0.227. The summed E-state index contributed by atoms with van der Waals surface area (Å²) in [5.74, 6) is -1.20. The van der Waals surface area contributed by atoms with Gasteiger partial charge in [-0.05, 0) is 19.9 Å². The summed E-state index contributed by atoms with van der Waals surface area (Å²) in [6, 6.07) is 1.91. The molecule has 0 radical (unpaired) electrons. The van der Waals surface area contributed by atoms with E-state index in [1.165, 1.54) is 13.8 Å². The van der Waals surface area contributed by atoms with Gasteiger partial charge in [-0.2, -0.15) is 26.6 Å². The third kappa shape index (κ3) is 3.58. The molecule has 1 aliphatic rings. The van der Waals surface area contributed by atoms with Gasteiger partial charge in [0.15, 0.2) is 5.75 Å². The molecule has 0 aliphatic carbocycles. The van der Waals surface area contributed by atoms with Crippen LogP contribution in [0.2, 0.25) is 5.02 Å². The first-order valence-corrected chi connectivity index (χ1v) is 8.54. The fourth-order valence-corrected chi connectivity index (χ4v) is 2.81. The largest absolute Gasteiger partial charge is 0.534 e. The summed E-state index contributed by atoms with van der Waals surface area (Å²) < 4.78 is 65.1. The van der Waals surface area contributed by atoms with Crippen LogP contribution in [0, 0.1) is 0 Å². The minimum absolute atomic E-state index is 0.0652. The Morgan fingerprint density at radius 3 is 2.31 bits per heavy atom. The van der Waals surface area contributed by atoms with Gasteiger partial charge in [0.05, 0.1) is 16.4 Å². The van der Waals surface area contributed by atoms with Crippen LogP contribution in [0.5, 0.6) is 5.75 Å². The molecule has 0 saturated carbocycles. The fourth-order valence-electron chi connectivity index (χ4n) is 2.19. The monoisotopic (exact) mass is 414 g/mol. The molecule has 0 saturated heterocycles. The highest BCUT2D eigenvalue weighted by Crippen LogP contribution is 2.41. The number of hydrogen-bond donors (Lipinski definition) is 3. The van der Waals surface area contributed by atoms with Crippen molar-refractivity contribution >= 4 is 45.0 Å². The van der Waals surface area contributed by atoms with Crippen LogP contribution in [0.1, 0.15) is 13.8 Å². The maximum atomic E-state index is 12.7. The van der Waals surface area contributed by atoms with Crippen molar-refractivity contribution in [1.82, 2.24) is 0 Å². The number of guanidine groups is 2. The van der Waals surface area contributed by atoms with Gasteiger partial charge in [-0.15, -0.1) is 0 Å². The van der Waals surface area contributed by atoms with Crippen LogP contribution < -0.4 is 26.3 Å². The predicted molar refractivity (Wildman–Crippen MR) is 91.3 cm³/mol. The third-order valence-corrected chi connectivity index (χ3v) is 4.49. The molecular formula is C12H14ClF3N6O3S. The number of benzene rings is 1. The molecule has 1 aromatic carbocycles. The number of hydrogen-bond acceptors (Lipinski definition) is 9. The van der Waals surface area contributed by atoms with Crippen molar-refractivity contribution in [3.05, 3.63) is 17.2 Å². The Balaban J connectivity index is 2.67. The number of aliphatic imine (C=N–C) groups is 2. The Hall–Kier alpha value is -2.41. The summed E-state index contributed by atoms with van der Waals surface area (Å²) >= 11 is 5.79. The average molecular weight is 415 g/mol. The van der Waals surface area contributed by atoms with Gasteiger partial charge in [0.1, 0.15) is 5.66 Å². The minimum Gasteiger partial charge on any atom is -0.397 e. The standard InChI is InChI=1S/C12H14ClF3N6O3S/c1-11(2)21-9(18)20-10(19)22(11)7-4-6(17)5(13)3-8(7)25-26(23,24)12(14,15)16/h3-4H,17H2,1-2H3,(H4,18,19,20,21). The maximum Gasteiger partial charge on any atom is 0.534 e. The van der Waals surface area contributed by atoms with E-state index in [0.29, 0.717) is 0 Å². The van der Waals surface area contributed by atoms with Crippen LogP contribution in [0.25, 0.3) is 0 Å². The van der Waals surface area contributed by atoms with Crippen LogP contribution in [0.15, 0.2) is 22.1 Å². The topological polar surface area (TPSA) is 149 Å². The van der Waals surface area contributed by atoms with Gasteiger partial charge in [-0.25, -0.2) is 4.99 Å². The lowest BCUT2D eigenvalue weighted by Gasteiger charge is -2.39. The fraction of sp³-hybridized carbons (Fsp3) is 0.333. The second-order valence-electron chi connectivity index (χ2n) is 5.59. The Morgan fingerprint density at radius 2 is 1.81 bits per heavy atom. The predicted octanol–water partition coefficient (Wildman–Crippen LogP) is 1.34. The van der Waals surface area contributed by atoms with E-state index in [1.807, 2.05) is 0 Å². The molecule has 2 rings (SSSR count). The second-order valence-corrected chi connectivity index (χ2v) is 7.54. The highest BCUT2D eigenvalue weighted by atomic mass is 35.5. The van der Waals surface area contributed by atoms with E-state index in [9.17, 15) is 21.6 Å². The van der Waals surface area contributed by atoms with E-state index in [4.69, 9.17) is 28.8 Å². The molecule has 26 heavy (non-hydrogen) atoms. The van der Waals surface area contributed by atoms with E-state index < -0.39 is 27.0 Å². The number of rotatable bonds is 3. The number of halogens is 4. The lowest BCUT2D eigenvalue weighted by atomic mass is 10.1. The number of anilines is 2. The third-order valence-electron chi connectivity index (χ3n) is 3.20. The molecule has 0 fully saturated rings. The van der Waals surface area contributed by atoms with Crippen molar-refractivity contribution in [2.45, 2.75) is 25.0 Å². The van der Waals surface area contributed by atoms with Gasteiger partial charge >= 0.3 is 15.6 Å². The quantitative estimate of drug-likeness (QED) is 0.383. The molecule has 0 aromatic heterocycles. The van der Waals surface area contributed by atoms with Gasteiger partial charge in [0, 0.05) is 6.07 Å². The molecule has 0 spiro atoms. The average Bonchev–Trinajstić information content (AvgIpc) is 2.40. The molecule has 1 aromatic rings. The first-order chi connectivity index (χ1) is 11.7. The van der Waals surface area contributed by atoms with Crippen molar-refractivity contribution in [1.29, 1.82) is 0 Å². The smallest absolute Gasteiger partial charge is 0.397 e. The van der Waals surface area contributed by atoms with E-state index in [1.54, 1.807) is 0 Å². The molecule has 0 bridgehead atoms. The molecule has 9 nitrogen and oxygen atoms in total. The van der Waals surface area contributed by atoms with Crippen LogP contribution in [0.4, 0.5) is 24.5 Å². The first kappa shape index (κ1) is 19.9. The van der Waals surface area contributed by atoms with Crippen molar-refractivity contribution in [3.8, 4) is 5.75 Å². The highest BCUT2D eigenvalue weighted by molar-refractivity contribution is 7.88. The van der Waals surface area contributed by atoms with Crippen LogP contribution >= 0.6 is 11.6 Å². The number of nitrogens with two attached hydrogens (primary N) is 3. The molecule has 1 heterocycles. The Labute approximate surface area is 151 Å². The summed E-state index contributed by atoms with van der Waals surface area (Å²) in [7, 11) is -5.97. The zero-order valence-electron chi connectivity index (χ0n) is 13.4. The SMILES string of the molecule is CC1(C)N=C(N)N=C(N)N1c1cc(N)c(Cl)cc1OS(=O)(=O)C(F)(F)F. The zero-order chi connectivity index (χ0) is 20.1. The van der Waals surface area contributed by atoms with Crippen LogP contribution in [-0.4, -0.2) is 31.5 Å². The van der Waals surface area contributed by atoms with Gasteiger partial charge in [-0.3, -0.25) is 4.90 Å². The lowest BCUT2D eigenvalue weighted by molar-refractivity contribution is -0.0499. The maximum absolute atomic E-state index is 12.7. The van der Waals surface area contributed by atoms with Crippen LogP contribution in [0.3, 0.4) is 0 Å². The van der Waals surface area contributed by atoms with Gasteiger partial charge in [-0.1, -0.05) is 11.6 Å². The van der Waals surface area contributed by atoms with Gasteiger partial charge in [0.2, 0.25) is 11.9 Å². The highest BCUT2D eigenvalue weighted by Gasteiger charge is 2.49.